The number of esters is 1. The van der Waals surface area contributed by atoms with Crippen LogP contribution in [0.15, 0.2) is 30.3 Å². The predicted molar refractivity (Wildman–Crippen MR) is 74.5 cm³/mol. The fraction of sp³-hybridized carbons (Fsp3) is 0.500. The van der Waals surface area contributed by atoms with Crippen LogP contribution in [-0.4, -0.2) is 29.7 Å². The van der Waals surface area contributed by atoms with Gasteiger partial charge >= 0.3 is 5.97 Å². The van der Waals surface area contributed by atoms with Crippen molar-refractivity contribution in [3.63, 3.8) is 0 Å². The minimum absolute atomic E-state index is 0.147. The number of hydrogen-bond donors (Lipinski definition) is 1. The van der Waals surface area contributed by atoms with Crippen LogP contribution in [0.2, 0.25) is 0 Å². The van der Waals surface area contributed by atoms with Crippen LogP contribution >= 0.6 is 11.8 Å². The third kappa shape index (κ3) is 4.35. The molecule has 0 radical (unpaired) electrons. The van der Waals surface area contributed by atoms with Gasteiger partial charge in [-0.15, -0.1) is 0 Å². The average molecular weight is 268 g/mol. The minimum Gasteiger partial charge on any atom is -0.469 e. The predicted octanol–water partition coefficient (Wildman–Crippen LogP) is 2.44. The maximum atomic E-state index is 11.2. The van der Waals surface area contributed by atoms with Crippen molar-refractivity contribution in [1.29, 1.82) is 0 Å². The Kier molecular flexibility index (Phi) is 5.69. The highest BCUT2D eigenvalue weighted by molar-refractivity contribution is 7.99. The number of aliphatic hydroxyl groups is 1. The normalized spacial score (nSPS) is 15.8. The Morgan fingerprint density at radius 2 is 2.06 bits per heavy atom. The van der Waals surface area contributed by atoms with Gasteiger partial charge in [0.1, 0.15) is 0 Å². The van der Waals surface area contributed by atoms with Gasteiger partial charge in [-0.2, -0.15) is 11.8 Å². The highest BCUT2D eigenvalue weighted by Gasteiger charge is 2.23. The monoisotopic (exact) mass is 268 g/mol. The van der Waals surface area contributed by atoms with Gasteiger partial charge in [0.05, 0.1) is 18.6 Å². The van der Waals surface area contributed by atoms with Crippen molar-refractivity contribution in [2.24, 2.45) is 5.92 Å². The molecule has 2 atom stereocenters. The smallest absolute Gasteiger partial charge is 0.309 e. The molecule has 0 saturated heterocycles. The number of thioether (sulfide) groups is 1. The van der Waals surface area contributed by atoms with Crippen molar-refractivity contribution < 1.29 is 14.6 Å². The van der Waals surface area contributed by atoms with E-state index in [9.17, 15) is 9.90 Å². The van der Waals surface area contributed by atoms with Gasteiger partial charge in [0.25, 0.3) is 0 Å². The zero-order valence-corrected chi connectivity index (χ0v) is 11.9. The highest BCUT2D eigenvalue weighted by Crippen LogP contribution is 2.26. The number of hydrogen-bond acceptors (Lipinski definition) is 4. The molecule has 1 N–H and O–H groups in total. The van der Waals surface area contributed by atoms with E-state index in [4.69, 9.17) is 0 Å². The summed E-state index contributed by atoms with van der Waals surface area (Å²) < 4.78 is 4.66. The second kappa shape index (κ2) is 6.81. The molecule has 0 heterocycles. The molecule has 0 amide bonds. The molecule has 100 valence electrons. The van der Waals surface area contributed by atoms with E-state index in [1.54, 1.807) is 18.7 Å². The Hall–Kier alpha value is -1.00. The number of carbonyl (C=O) groups is 1. The Morgan fingerprint density at radius 1 is 1.44 bits per heavy atom. The topological polar surface area (TPSA) is 46.5 Å². The zero-order chi connectivity index (χ0) is 13.6. The number of carbonyl (C=O) groups excluding carboxylic acids is 1. The molecule has 0 aliphatic carbocycles. The third-order valence-corrected chi connectivity index (χ3v) is 4.25. The van der Waals surface area contributed by atoms with Crippen molar-refractivity contribution in [3.8, 4) is 0 Å². The lowest BCUT2D eigenvalue weighted by Gasteiger charge is -2.23. The van der Waals surface area contributed by atoms with Crippen LogP contribution < -0.4 is 0 Å². The van der Waals surface area contributed by atoms with Crippen LogP contribution in [0.25, 0.3) is 0 Å². The van der Waals surface area contributed by atoms with Gasteiger partial charge in [-0.05, 0) is 12.5 Å². The van der Waals surface area contributed by atoms with Gasteiger partial charge in [-0.1, -0.05) is 37.3 Å². The maximum absolute atomic E-state index is 11.2. The summed E-state index contributed by atoms with van der Waals surface area (Å²) in [5.41, 5.74) is 0.0186. The van der Waals surface area contributed by atoms with Gasteiger partial charge in [0.15, 0.2) is 0 Å². The van der Waals surface area contributed by atoms with E-state index in [-0.39, 0.29) is 11.9 Å². The number of rotatable bonds is 6. The van der Waals surface area contributed by atoms with Crippen molar-refractivity contribution in [2.75, 3.05) is 18.6 Å². The first-order chi connectivity index (χ1) is 8.47. The molecule has 2 unspecified atom stereocenters. The Bertz CT molecular complexity index is 376. The summed E-state index contributed by atoms with van der Waals surface area (Å²) in [5.74, 6) is 0.849. The summed E-state index contributed by atoms with van der Waals surface area (Å²) in [6.07, 6.45) is 0. The first-order valence-corrected chi connectivity index (χ1v) is 7.06. The van der Waals surface area contributed by atoms with E-state index in [2.05, 4.69) is 4.74 Å². The number of ether oxygens (including phenoxy) is 1. The standard InChI is InChI=1S/C14H20O3S/c1-11(13(15)17-3)9-18-10-14(2,16)12-7-5-4-6-8-12/h4-8,11,16H,9-10H2,1-3H3. The third-order valence-electron chi connectivity index (χ3n) is 2.75. The summed E-state index contributed by atoms with van der Waals surface area (Å²) in [6, 6.07) is 9.55. The molecule has 1 aromatic rings. The molecule has 0 saturated carbocycles. The van der Waals surface area contributed by atoms with Crippen LogP contribution in [-0.2, 0) is 15.1 Å². The van der Waals surface area contributed by atoms with E-state index in [0.29, 0.717) is 11.5 Å². The largest absolute Gasteiger partial charge is 0.469 e. The summed E-state index contributed by atoms with van der Waals surface area (Å²) >= 11 is 1.56. The van der Waals surface area contributed by atoms with Crippen molar-refractivity contribution >= 4 is 17.7 Å². The summed E-state index contributed by atoms with van der Waals surface area (Å²) in [5, 5.41) is 10.4. The molecule has 3 nitrogen and oxygen atoms in total. The molecule has 4 heteroatoms. The molecule has 0 aliphatic heterocycles. The molecule has 0 spiro atoms. The highest BCUT2D eigenvalue weighted by atomic mass is 32.2. The Balaban J connectivity index is 2.46. The molecular weight excluding hydrogens is 248 g/mol. The van der Waals surface area contributed by atoms with Gasteiger partial charge in [-0.25, -0.2) is 0 Å². The van der Waals surface area contributed by atoms with Crippen molar-refractivity contribution in [3.05, 3.63) is 35.9 Å². The van der Waals surface area contributed by atoms with Crippen LogP contribution in [0.5, 0.6) is 0 Å². The molecule has 0 aliphatic rings. The molecule has 0 bridgehead atoms. The molecule has 1 aromatic carbocycles. The first kappa shape index (κ1) is 15.1. The lowest BCUT2D eigenvalue weighted by atomic mass is 9.99. The summed E-state index contributed by atoms with van der Waals surface area (Å²) in [7, 11) is 1.39. The second-order valence-electron chi connectivity index (χ2n) is 4.58. The van der Waals surface area contributed by atoms with Crippen molar-refractivity contribution in [1.82, 2.24) is 0 Å². The van der Waals surface area contributed by atoms with E-state index >= 15 is 0 Å². The van der Waals surface area contributed by atoms with Crippen LogP contribution in [0.4, 0.5) is 0 Å². The molecule has 18 heavy (non-hydrogen) atoms. The lowest BCUT2D eigenvalue weighted by Crippen LogP contribution is -2.25. The Morgan fingerprint density at radius 3 is 2.61 bits per heavy atom. The maximum Gasteiger partial charge on any atom is 0.309 e. The Labute approximate surface area is 113 Å². The summed E-state index contributed by atoms with van der Waals surface area (Å²) in [4.78, 5) is 11.2. The quantitative estimate of drug-likeness (QED) is 0.805. The van der Waals surface area contributed by atoms with Crippen LogP contribution in [0.3, 0.4) is 0 Å². The van der Waals surface area contributed by atoms with E-state index < -0.39 is 5.60 Å². The first-order valence-electron chi connectivity index (χ1n) is 5.91. The lowest BCUT2D eigenvalue weighted by molar-refractivity contribution is -0.144. The average Bonchev–Trinajstić information content (AvgIpc) is 2.38. The molecule has 1 rings (SSSR count). The van der Waals surface area contributed by atoms with Crippen LogP contribution in [0, 0.1) is 5.92 Å². The molecule has 0 aromatic heterocycles. The SMILES string of the molecule is COC(=O)C(C)CSCC(C)(O)c1ccccc1. The number of methoxy groups -OCH3 is 1. The van der Waals surface area contributed by atoms with Crippen molar-refractivity contribution in [2.45, 2.75) is 19.4 Å². The van der Waals surface area contributed by atoms with Gasteiger partial charge in [0.2, 0.25) is 0 Å². The minimum atomic E-state index is -0.873. The van der Waals surface area contributed by atoms with Gasteiger partial charge in [-0.3, -0.25) is 4.79 Å². The van der Waals surface area contributed by atoms with Crippen LogP contribution in [0.1, 0.15) is 19.4 Å². The van der Waals surface area contributed by atoms with E-state index in [1.807, 2.05) is 37.3 Å². The summed E-state index contributed by atoms with van der Waals surface area (Å²) in [6.45, 7) is 3.62. The zero-order valence-electron chi connectivity index (χ0n) is 11.1. The van der Waals surface area contributed by atoms with Gasteiger partial charge in [0, 0.05) is 11.5 Å². The second-order valence-corrected chi connectivity index (χ2v) is 5.61. The van der Waals surface area contributed by atoms with Gasteiger partial charge < -0.3 is 9.84 Å². The molecule has 0 fully saturated rings. The fourth-order valence-corrected chi connectivity index (χ4v) is 2.76. The fourth-order valence-electron chi connectivity index (χ4n) is 1.58. The number of benzene rings is 1. The van der Waals surface area contributed by atoms with E-state index in [1.165, 1.54) is 7.11 Å². The van der Waals surface area contributed by atoms with E-state index in [0.717, 1.165) is 5.56 Å². The molecular formula is C14H20O3S.